The summed E-state index contributed by atoms with van der Waals surface area (Å²) in [4.78, 5) is 14.0. The van der Waals surface area contributed by atoms with Crippen molar-refractivity contribution in [2.75, 3.05) is 11.7 Å². The third-order valence-electron chi connectivity index (χ3n) is 6.47. The normalized spacial score (nSPS) is 18.7. The first-order chi connectivity index (χ1) is 15.2. The molecule has 2 aliphatic heterocycles. The molecule has 31 heavy (non-hydrogen) atoms. The zero-order valence-corrected chi connectivity index (χ0v) is 16.9. The number of allylic oxidation sites excluding steroid dienone is 1. The standard InChI is InChI=1S/C26H21NO4/c28-26(29)18-5-3-6-19(12-18)27-22-10-8-16-4-1-2-7-20(16)21(22)14-23(27)17-9-11-24-25(13-17)31-15-30-24/h1-7,9,11-13,23H,8,10,14-15H2,(H,28,29). The Bertz CT molecular complexity index is 1250. The maximum atomic E-state index is 11.6. The molecule has 154 valence electrons. The smallest absolute Gasteiger partial charge is 0.335 e. The van der Waals surface area contributed by atoms with E-state index in [2.05, 4.69) is 41.3 Å². The van der Waals surface area contributed by atoms with Gasteiger partial charge in [-0.1, -0.05) is 36.4 Å². The molecule has 5 heteroatoms. The zero-order chi connectivity index (χ0) is 20.9. The van der Waals surface area contributed by atoms with Gasteiger partial charge in [-0.05, 0) is 71.9 Å². The molecule has 0 aromatic heterocycles. The van der Waals surface area contributed by atoms with Crippen LogP contribution in [0.2, 0.25) is 0 Å². The summed E-state index contributed by atoms with van der Waals surface area (Å²) in [6.07, 6.45) is 2.78. The van der Waals surface area contributed by atoms with Crippen LogP contribution in [-0.2, 0) is 6.42 Å². The molecule has 1 aliphatic carbocycles. The Labute approximate surface area is 180 Å². The SMILES string of the molecule is O=C(O)c1cccc(N2C3=C(CC2c2ccc4c(c2)OCO4)c2ccccc2CC3)c1. The van der Waals surface area contributed by atoms with Crippen molar-refractivity contribution in [2.24, 2.45) is 0 Å². The van der Waals surface area contributed by atoms with Gasteiger partial charge in [0, 0.05) is 11.4 Å². The van der Waals surface area contributed by atoms with E-state index >= 15 is 0 Å². The van der Waals surface area contributed by atoms with E-state index in [-0.39, 0.29) is 12.8 Å². The lowest BCUT2D eigenvalue weighted by atomic mass is 9.87. The van der Waals surface area contributed by atoms with Crippen LogP contribution >= 0.6 is 0 Å². The Morgan fingerprint density at radius 1 is 0.935 bits per heavy atom. The topological polar surface area (TPSA) is 59.0 Å². The van der Waals surface area contributed by atoms with Gasteiger partial charge in [0.25, 0.3) is 0 Å². The fourth-order valence-electron chi connectivity index (χ4n) is 5.07. The molecule has 1 N–H and O–H groups in total. The highest BCUT2D eigenvalue weighted by atomic mass is 16.7. The molecule has 2 heterocycles. The molecule has 3 aromatic rings. The average molecular weight is 411 g/mol. The Balaban J connectivity index is 1.50. The van der Waals surface area contributed by atoms with E-state index in [0.717, 1.165) is 42.0 Å². The third kappa shape index (κ3) is 2.88. The second-order valence-corrected chi connectivity index (χ2v) is 8.14. The zero-order valence-electron chi connectivity index (χ0n) is 16.9. The largest absolute Gasteiger partial charge is 0.478 e. The Morgan fingerprint density at radius 2 is 1.81 bits per heavy atom. The molecule has 1 atom stereocenters. The van der Waals surface area contributed by atoms with Crippen LogP contribution in [-0.4, -0.2) is 17.9 Å². The van der Waals surface area contributed by atoms with E-state index in [0.29, 0.717) is 5.56 Å². The summed E-state index contributed by atoms with van der Waals surface area (Å²) in [6.45, 7) is 0.246. The van der Waals surface area contributed by atoms with Crippen LogP contribution < -0.4 is 14.4 Å². The van der Waals surface area contributed by atoms with E-state index in [4.69, 9.17) is 9.47 Å². The number of ether oxygens (including phenoxy) is 2. The predicted molar refractivity (Wildman–Crippen MR) is 117 cm³/mol. The number of hydrogen-bond donors (Lipinski definition) is 1. The van der Waals surface area contributed by atoms with Gasteiger partial charge in [0.2, 0.25) is 6.79 Å². The Hall–Kier alpha value is -3.73. The summed E-state index contributed by atoms with van der Waals surface area (Å²) in [6, 6.07) is 22.0. The maximum Gasteiger partial charge on any atom is 0.335 e. The molecule has 0 spiro atoms. The second-order valence-electron chi connectivity index (χ2n) is 8.14. The number of nitrogens with zero attached hydrogens (tertiary/aromatic N) is 1. The summed E-state index contributed by atoms with van der Waals surface area (Å²) < 4.78 is 11.1. The van der Waals surface area contributed by atoms with Crippen molar-refractivity contribution >= 4 is 17.2 Å². The van der Waals surface area contributed by atoms with Crippen molar-refractivity contribution in [3.63, 3.8) is 0 Å². The van der Waals surface area contributed by atoms with Crippen LogP contribution in [0.1, 0.15) is 45.9 Å². The summed E-state index contributed by atoms with van der Waals surface area (Å²) >= 11 is 0. The van der Waals surface area contributed by atoms with Crippen molar-refractivity contribution in [3.05, 3.63) is 94.7 Å². The van der Waals surface area contributed by atoms with Gasteiger partial charge in [0.15, 0.2) is 11.5 Å². The van der Waals surface area contributed by atoms with Crippen LogP contribution in [0.3, 0.4) is 0 Å². The van der Waals surface area contributed by atoms with E-state index in [1.165, 1.54) is 22.4 Å². The van der Waals surface area contributed by atoms with Crippen molar-refractivity contribution < 1.29 is 19.4 Å². The number of carbonyl (C=O) groups is 1. The fourth-order valence-corrected chi connectivity index (χ4v) is 5.07. The van der Waals surface area contributed by atoms with Gasteiger partial charge in [-0.3, -0.25) is 0 Å². The first-order valence-corrected chi connectivity index (χ1v) is 10.5. The van der Waals surface area contributed by atoms with Gasteiger partial charge < -0.3 is 19.5 Å². The highest BCUT2D eigenvalue weighted by Crippen LogP contribution is 2.51. The number of carboxylic acids is 1. The van der Waals surface area contributed by atoms with Gasteiger partial charge in [0.1, 0.15) is 0 Å². The number of aromatic carboxylic acids is 1. The minimum atomic E-state index is -0.913. The summed E-state index contributed by atoms with van der Waals surface area (Å²) in [5.41, 5.74) is 7.67. The molecule has 0 bridgehead atoms. The molecule has 1 unspecified atom stereocenters. The average Bonchev–Trinajstić information content (AvgIpc) is 3.43. The molecule has 0 amide bonds. The van der Waals surface area contributed by atoms with Crippen molar-refractivity contribution in [1.82, 2.24) is 0 Å². The van der Waals surface area contributed by atoms with Crippen LogP contribution in [0.5, 0.6) is 11.5 Å². The summed E-state index contributed by atoms with van der Waals surface area (Å²) in [5, 5.41) is 9.54. The Morgan fingerprint density at radius 3 is 2.71 bits per heavy atom. The first-order valence-electron chi connectivity index (χ1n) is 10.5. The number of carboxylic acid groups (broad SMARTS) is 1. The molecule has 0 saturated heterocycles. The van der Waals surface area contributed by atoms with Crippen LogP contribution in [0.4, 0.5) is 5.69 Å². The monoisotopic (exact) mass is 411 g/mol. The molecular weight excluding hydrogens is 390 g/mol. The van der Waals surface area contributed by atoms with Crippen molar-refractivity contribution in [3.8, 4) is 11.5 Å². The molecule has 3 aromatic carbocycles. The molecule has 0 saturated carbocycles. The van der Waals surface area contributed by atoms with Gasteiger partial charge in [0.05, 0.1) is 11.6 Å². The van der Waals surface area contributed by atoms with Gasteiger partial charge >= 0.3 is 5.97 Å². The number of benzene rings is 3. The lowest BCUT2D eigenvalue weighted by Gasteiger charge is -2.31. The summed E-state index contributed by atoms with van der Waals surface area (Å²) in [5.74, 6) is 0.620. The highest BCUT2D eigenvalue weighted by molar-refractivity contribution is 5.90. The van der Waals surface area contributed by atoms with Gasteiger partial charge in [-0.2, -0.15) is 0 Å². The Kier molecular flexibility index (Phi) is 4.03. The van der Waals surface area contributed by atoms with Crippen molar-refractivity contribution in [2.45, 2.75) is 25.3 Å². The first kappa shape index (κ1) is 18.1. The van der Waals surface area contributed by atoms with E-state index in [9.17, 15) is 9.90 Å². The molecule has 5 nitrogen and oxygen atoms in total. The fraction of sp³-hybridized carbons (Fsp3) is 0.192. The third-order valence-corrected chi connectivity index (χ3v) is 6.47. The number of hydrogen-bond acceptors (Lipinski definition) is 4. The van der Waals surface area contributed by atoms with Gasteiger partial charge in [-0.15, -0.1) is 0 Å². The maximum absolute atomic E-state index is 11.6. The molecule has 0 fully saturated rings. The van der Waals surface area contributed by atoms with E-state index in [1.54, 1.807) is 12.1 Å². The molecular formula is C26H21NO4. The lowest BCUT2D eigenvalue weighted by Crippen LogP contribution is -2.24. The van der Waals surface area contributed by atoms with Gasteiger partial charge in [-0.25, -0.2) is 4.79 Å². The minimum Gasteiger partial charge on any atom is -0.478 e. The number of fused-ring (bicyclic) bond motifs is 3. The molecule has 0 radical (unpaired) electrons. The molecule has 3 aliphatic rings. The lowest BCUT2D eigenvalue weighted by molar-refractivity contribution is 0.0697. The summed E-state index contributed by atoms with van der Waals surface area (Å²) in [7, 11) is 0. The van der Waals surface area contributed by atoms with Crippen molar-refractivity contribution in [1.29, 1.82) is 0 Å². The predicted octanol–water partition coefficient (Wildman–Crippen LogP) is 5.42. The minimum absolute atomic E-state index is 0.0645. The van der Waals surface area contributed by atoms with Crippen LogP contribution in [0.25, 0.3) is 5.57 Å². The van der Waals surface area contributed by atoms with Crippen LogP contribution in [0.15, 0.2) is 72.4 Å². The second kappa shape index (κ2) is 6.91. The quantitative estimate of drug-likeness (QED) is 0.623. The number of anilines is 1. The van der Waals surface area contributed by atoms with Crippen LogP contribution in [0, 0.1) is 0 Å². The van der Waals surface area contributed by atoms with E-state index < -0.39 is 5.97 Å². The number of rotatable bonds is 3. The number of aryl methyl sites for hydroxylation is 1. The van der Waals surface area contributed by atoms with E-state index in [1.807, 2.05) is 18.2 Å². The molecule has 6 rings (SSSR count). The highest BCUT2D eigenvalue weighted by Gasteiger charge is 2.37.